The number of benzene rings is 1. The summed E-state index contributed by atoms with van der Waals surface area (Å²) in [5.74, 6) is 0.289. The van der Waals surface area contributed by atoms with E-state index in [1.807, 2.05) is 12.1 Å². The lowest BCUT2D eigenvalue weighted by Crippen LogP contribution is -2.12. The Labute approximate surface area is 103 Å². The number of hydrogen-bond donors (Lipinski definition) is 1. The lowest BCUT2D eigenvalue weighted by molar-refractivity contribution is 0.0950. The Hall–Kier alpha value is -0.930. The molecule has 0 aliphatic carbocycles. The second kappa shape index (κ2) is 7.41. The highest BCUT2D eigenvalue weighted by atomic mass is 19.1. The van der Waals surface area contributed by atoms with E-state index in [1.165, 1.54) is 6.07 Å². The Morgan fingerprint density at radius 1 is 1.35 bits per heavy atom. The van der Waals surface area contributed by atoms with Gasteiger partial charge in [0.15, 0.2) is 0 Å². The van der Waals surface area contributed by atoms with Gasteiger partial charge in [-0.15, -0.1) is 0 Å². The van der Waals surface area contributed by atoms with Crippen LogP contribution in [0.15, 0.2) is 18.2 Å². The standard InChI is InChI=1S/C14H22FNO/c1-4-16-8-12-5-6-14(15)13(7-12)10-17-9-11(2)3/h5-7,11,16H,4,8-10H2,1-3H3. The van der Waals surface area contributed by atoms with E-state index >= 15 is 0 Å². The zero-order valence-electron chi connectivity index (χ0n) is 10.9. The van der Waals surface area contributed by atoms with Crippen molar-refractivity contribution in [2.75, 3.05) is 13.2 Å². The van der Waals surface area contributed by atoms with Gasteiger partial charge in [0.2, 0.25) is 0 Å². The third kappa shape index (κ3) is 5.29. The maximum atomic E-state index is 13.5. The smallest absolute Gasteiger partial charge is 0.128 e. The highest BCUT2D eigenvalue weighted by molar-refractivity contribution is 5.24. The number of nitrogens with one attached hydrogen (secondary N) is 1. The van der Waals surface area contributed by atoms with Gasteiger partial charge in [-0.05, 0) is 30.2 Å². The maximum absolute atomic E-state index is 13.5. The third-order valence-corrected chi connectivity index (χ3v) is 2.40. The predicted molar refractivity (Wildman–Crippen MR) is 68.3 cm³/mol. The molecule has 0 amide bonds. The van der Waals surface area contributed by atoms with Crippen molar-refractivity contribution in [3.63, 3.8) is 0 Å². The molecule has 0 fully saturated rings. The van der Waals surface area contributed by atoms with Crippen LogP contribution in [-0.4, -0.2) is 13.2 Å². The fourth-order valence-electron chi connectivity index (χ4n) is 1.52. The molecule has 0 unspecified atom stereocenters. The van der Waals surface area contributed by atoms with Crippen molar-refractivity contribution < 1.29 is 9.13 Å². The van der Waals surface area contributed by atoms with Crippen molar-refractivity contribution in [2.45, 2.75) is 33.9 Å². The molecule has 0 aromatic heterocycles. The van der Waals surface area contributed by atoms with Gasteiger partial charge >= 0.3 is 0 Å². The Morgan fingerprint density at radius 2 is 2.12 bits per heavy atom. The molecule has 0 bridgehead atoms. The van der Waals surface area contributed by atoms with Crippen LogP contribution in [0.4, 0.5) is 4.39 Å². The van der Waals surface area contributed by atoms with Gasteiger partial charge in [0.05, 0.1) is 6.61 Å². The average Bonchev–Trinajstić information content (AvgIpc) is 2.29. The van der Waals surface area contributed by atoms with Gasteiger partial charge in [-0.2, -0.15) is 0 Å². The minimum atomic E-state index is -0.186. The Bertz CT molecular complexity index is 339. The van der Waals surface area contributed by atoms with E-state index in [9.17, 15) is 4.39 Å². The van der Waals surface area contributed by atoms with Gasteiger partial charge in [-0.25, -0.2) is 4.39 Å². The van der Waals surface area contributed by atoms with Crippen LogP contribution in [-0.2, 0) is 17.9 Å². The molecular formula is C14H22FNO. The number of halogens is 1. The van der Waals surface area contributed by atoms with Crippen molar-refractivity contribution in [1.29, 1.82) is 0 Å². The first-order chi connectivity index (χ1) is 8.13. The van der Waals surface area contributed by atoms with E-state index in [4.69, 9.17) is 4.74 Å². The zero-order valence-corrected chi connectivity index (χ0v) is 10.9. The minimum absolute atomic E-state index is 0.186. The first kappa shape index (κ1) is 14.1. The Balaban J connectivity index is 2.56. The van der Waals surface area contributed by atoms with Gasteiger partial charge in [-0.3, -0.25) is 0 Å². The molecule has 0 aliphatic rings. The zero-order chi connectivity index (χ0) is 12.7. The van der Waals surface area contributed by atoms with Gasteiger partial charge in [0.1, 0.15) is 5.82 Å². The van der Waals surface area contributed by atoms with Crippen LogP contribution >= 0.6 is 0 Å². The van der Waals surface area contributed by atoms with E-state index in [1.54, 1.807) is 0 Å². The van der Waals surface area contributed by atoms with Crippen LogP contribution in [0.25, 0.3) is 0 Å². The van der Waals surface area contributed by atoms with Crippen LogP contribution < -0.4 is 5.32 Å². The molecule has 17 heavy (non-hydrogen) atoms. The number of ether oxygens (including phenoxy) is 1. The molecule has 0 radical (unpaired) electrons. The van der Waals surface area contributed by atoms with E-state index < -0.39 is 0 Å². The summed E-state index contributed by atoms with van der Waals surface area (Å²) in [5, 5.41) is 3.22. The predicted octanol–water partition coefficient (Wildman–Crippen LogP) is 3.11. The van der Waals surface area contributed by atoms with Crippen LogP contribution in [0.5, 0.6) is 0 Å². The third-order valence-electron chi connectivity index (χ3n) is 2.40. The second-order valence-corrected chi connectivity index (χ2v) is 4.62. The number of hydrogen-bond acceptors (Lipinski definition) is 2. The van der Waals surface area contributed by atoms with Crippen LogP contribution in [0.1, 0.15) is 31.9 Å². The van der Waals surface area contributed by atoms with Gasteiger partial charge in [-0.1, -0.05) is 26.8 Å². The summed E-state index contributed by atoms with van der Waals surface area (Å²) in [5.41, 5.74) is 1.73. The molecule has 0 aliphatic heterocycles. The molecule has 1 aromatic rings. The topological polar surface area (TPSA) is 21.3 Å². The summed E-state index contributed by atoms with van der Waals surface area (Å²) in [6, 6.07) is 5.20. The quantitative estimate of drug-likeness (QED) is 0.789. The lowest BCUT2D eigenvalue weighted by Gasteiger charge is -2.09. The van der Waals surface area contributed by atoms with Crippen molar-refractivity contribution in [3.8, 4) is 0 Å². The molecule has 1 N–H and O–H groups in total. The van der Waals surface area contributed by atoms with Gasteiger partial charge < -0.3 is 10.1 Å². The summed E-state index contributed by atoms with van der Waals surface area (Å²) in [6.45, 7) is 8.91. The average molecular weight is 239 g/mol. The minimum Gasteiger partial charge on any atom is -0.376 e. The number of rotatable bonds is 7. The van der Waals surface area contributed by atoms with E-state index in [0.717, 1.165) is 18.7 Å². The second-order valence-electron chi connectivity index (χ2n) is 4.62. The molecule has 0 saturated heterocycles. The maximum Gasteiger partial charge on any atom is 0.128 e. The Kier molecular flexibility index (Phi) is 6.16. The van der Waals surface area contributed by atoms with E-state index in [2.05, 4.69) is 26.1 Å². The molecule has 96 valence electrons. The van der Waals surface area contributed by atoms with Crippen LogP contribution in [0, 0.1) is 11.7 Å². The first-order valence-electron chi connectivity index (χ1n) is 6.19. The molecule has 1 rings (SSSR count). The van der Waals surface area contributed by atoms with Crippen molar-refractivity contribution in [2.24, 2.45) is 5.92 Å². The molecule has 0 atom stereocenters. The first-order valence-corrected chi connectivity index (χ1v) is 6.19. The highest BCUT2D eigenvalue weighted by Crippen LogP contribution is 2.12. The van der Waals surface area contributed by atoms with Crippen molar-refractivity contribution >= 4 is 0 Å². The summed E-state index contributed by atoms with van der Waals surface area (Å²) in [4.78, 5) is 0. The lowest BCUT2D eigenvalue weighted by atomic mass is 10.1. The summed E-state index contributed by atoms with van der Waals surface area (Å²) in [7, 11) is 0. The molecule has 1 aromatic carbocycles. The van der Waals surface area contributed by atoms with Gasteiger partial charge in [0, 0.05) is 18.7 Å². The van der Waals surface area contributed by atoms with Crippen molar-refractivity contribution in [3.05, 3.63) is 35.1 Å². The fourth-order valence-corrected chi connectivity index (χ4v) is 1.52. The molecule has 3 heteroatoms. The van der Waals surface area contributed by atoms with E-state index in [0.29, 0.717) is 24.7 Å². The van der Waals surface area contributed by atoms with Crippen LogP contribution in [0.2, 0.25) is 0 Å². The summed E-state index contributed by atoms with van der Waals surface area (Å²) >= 11 is 0. The molecule has 0 spiro atoms. The molecule has 2 nitrogen and oxygen atoms in total. The fraction of sp³-hybridized carbons (Fsp3) is 0.571. The SMILES string of the molecule is CCNCc1ccc(F)c(COCC(C)C)c1. The highest BCUT2D eigenvalue weighted by Gasteiger charge is 2.04. The monoisotopic (exact) mass is 239 g/mol. The normalized spacial score (nSPS) is 11.1. The van der Waals surface area contributed by atoms with Gasteiger partial charge in [0.25, 0.3) is 0 Å². The van der Waals surface area contributed by atoms with E-state index in [-0.39, 0.29) is 5.82 Å². The van der Waals surface area contributed by atoms with Crippen LogP contribution in [0.3, 0.4) is 0 Å². The molecular weight excluding hydrogens is 217 g/mol. The van der Waals surface area contributed by atoms with Crippen molar-refractivity contribution in [1.82, 2.24) is 5.32 Å². The molecule has 0 heterocycles. The molecule has 0 saturated carbocycles. The summed E-state index contributed by atoms with van der Waals surface area (Å²) < 4.78 is 19.0. The Morgan fingerprint density at radius 3 is 2.76 bits per heavy atom. The summed E-state index contributed by atoms with van der Waals surface area (Å²) in [6.07, 6.45) is 0. The largest absolute Gasteiger partial charge is 0.376 e.